The van der Waals surface area contributed by atoms with Gasteiger partial charge in [-0.05, 0) is 62.6 Å². The van der Waals surface area contributed by atoms with E-state index in [1.165, 1.54) is 4.90 Å². The Morgan fingerprint density at radius 3 is 2.13 bits per heavy atom. The number of alkyl halides is 1. The van der Waals surface area contributed by atoms with Gasteiger partial charge in [-0.2, -0.15) is 10.1 Å². The Balaban J connectivity index is 1.04. The quantitative estimate of drug-likeness (QED) is 0.159. The van der Waals surface area contributed by atoms with Crippen LogP contribution in [0.15, 0.2) is 91.0 Å². The summed E-state index contributed by atoms with van der Waals surface area (Å²) < 4.78 is 34.9. The number of aryl methyl sites for hydroxylation is 1. The standard InChI is InChI=1S/C42H47FN6O5/c1-42(2,3)54-41(51)49-20-19-32(35(43)26-49)40(50)48-23-21-47(22-24-48)31-15-16-33-36(25-31)46(4)45-38(33)34-17-18-37(52-27-29-11-7-5-8-12-29)44-39(34)53-28-30-13-9-6-10-14-30/h5-18,25,32,35H,19-24,26-28H2,1-4H3. The number of carbonyl (C=O) groups excluding carboxylic acids is 2. The van der Waals surface area contributed by atoms with Crippen molar-refractivity contribution in [3.05, 3.63) is 102 Å². The van der Waals surface area contributed by atoms with Crippen molar-refractivity contribution in [2.45, 2.75) is 52.2 Å². The smallest absolute Gasteiger partial charge is 0.410 e. The molecule has 0 radical (unpaired) electrons. The Hall–Kier alpha value is -5.65. The number of amides is 2. The van der Waals surface area contributed by atoms with Crippen molar-refractivity contribution in [1.82, 2.24) is 24.6 Å². The zero-order valence-corrected chi connectivity index (χ0v) is 31.3. The maximum atomic E-state index is 15.3. The van der Waals surface area contributed by atoms with E-state index >= 15 is 4.39 Å². The van der Waals surface area contributed by atoms with Crippen molar-refractivity contribution >= 4 is 28.6 Å². The number of anilines is 1. The number of hydrogen-bond donors (Lipinski definition) is 0. The van der Waals surface area contributed by atoms with E-state index in [0.717, 1.165) is 39.0 Å². The van der Waals surface area contributed by atoms with Crippen molar-refractivity contribution in [2.24, 2.45) is 13.0 Å². The summed E-state index contributed by atoms with van der Waals surface area (Å²) in [5.74, 6) is -0.0625. The minimum absolute atomic E-state index is 0.138. The summed E-state index contributed by atoms with van der Waals surface area (Å²) in [7, 11) is 1.92. The lowest BCUT2D eigenvalue weighted by Gasteiger charge is -2.40. The molecule has 2 fully saturated rings. The zero-order valence-electron chi connectivity index (χ0n) is 31.3. The van der Waals surface area contributed by atoms with Gasteiger partial charge in [-0.1, -0.05) is 60.7 Å². The molecule has 11 nitrogen and oxygen atoms in total. The van der Waals surface area contributed by atoms with Gasteiger partial charge in [-0.3, -0.25) is 9.48 Å². The van der Waals surface area contributed by atoms with Gasteiger partial charge in [0.1, 0.15) is 30.7 Å². The van der Waals surface area contributed by atoms with Crippen LogP contribution in [0.3, 0.4) is 0 Å². The summed E-state index contributed by atoms with van der Waals surface area (Å²) in [6.45, 7) is 8.41. The van der Waals surface area contributed by atoms with Crippen LogP contribution in [0.1, 0.15) is 38.3 Å². The minimum atomic E-state index is -1.43. The Morgan fingerprint density at radius 1 is 0.815 bits per heavy atom. The van der Waals surface area contributed by atoms with Crippen molar-refractivity contribution < 1.29 is 28.2 Å². The summed E-state index contributed by atoms with van der Waals surface area (Å²) in [6.07, 6.45) is -1.70. The number of benzene rings is 3. The first kappa shape index (κ1) is 36.7. The van der Waals surface area contributed by atoms with Crippen molar-refractivity contribution in [2.75, 3.05) is 44.2 Å². The number of aromatic nitrogens is 3. The topological polar surface area (TPSA) is 102 Å². The van der Waals surface area contributed by atoms with Crippen LogP contribution < -0.4 is 14.4 Å². The highest BCUT2D eigenvalue weighted by Gasteiger charge is 2.40. The van der Waals surface area contributed by atoms with Crippen LogP contribution in [-0.4, -0.2) is 87.6 Å². The Labute approximate surface area is 315 Å². The number of fused-ring (bicyclic) bond motifs is 1. The SMILES string of the molecule is Cn1nc(-c2ccc(OCc3ccccc3)nc2OCc2ccccc2)c2ccc(N3CCN(C(=O)C4CCN(C(=O)OC(C)(C)C)CC4F)CC3)cc21. The summed E-state index contributed by atoms with van der Waals surface area (Å²) in [5.41, 5.74) is 4.86. The van der Waals surface area contributed by atoms with Crippen molar-refractivity contribution in [3.8, 4) is 23.0 Å². The molecule has 0 spiro atoms. The monoisotopic (exact) mass is 734 g/mol. The second kappa shape index (κ2) is 15.8. The molecule has 2 aliphatic rings. The number of ether oxygens (including phenoxy) is 3. The third kappa shape index (κ3) is 8.43. The number of rotatable bonds is 9. The molecule has 0 N–H and O–H groups in total. The van der Waals surface area contributed by atoms with E-state index in [9.17, 15) is 9.59 Å². The molecule has 4 heterocycles. The number of piperidine rings is 1. The van der Waals surface area contributed by atoms with Crippen LogP contribution in [0.25, 0.3) is 22.2 Å². The number of likely N-dealkylation sites (tertiary alicyclic amines) is 1. The molecule has 54 heavy (non-hydrogen) atoms. The van der Waals surface area contributed by atoms with Gasteiger partial charge in [0, 0.05) is 56.9 Å². The highest BCUT2D eigenvalue weighted by Crippen LogP contribution is 2.37. The number of nitrogens with zero attached hydrogens (tertiary/aromatic N) is 6. The molecule has 2 amide bonds. The summed E-state index contributed by atoms with van der Waals surface area (Å²) in [6, 6.07) is 30.0. The lowest BCUT2D eigenvalue weighted by atomic mass is 9.93. The van der Waals surface area contributed by atoms with Crippen LogP contribution in [-0.2, 0) is 29.8 Å². The first-order valence-corrected chi connectivity index (χ1v) is 18.5. The lowest BCUT2D eigenvalue weighted by molar-refractivity contribution is -0.140. The molecule has 282 valence electrons. The summed E-state index contributed by atoms with van der Waals surface area (Å²) >= 11 is 0. The number of piperazine rings is 1. The largest absolute Gasteiger partial charge is 0.473 e. The average Bonchev–Trinajstić information content (AvgIpc) is 3.51. The first-order valence-electron chi connectivity index (χ1n) is 18.5. The molecule has 0 bridgehead atoms. The molecule has 2 saturated heterocycles. The van der Waals surface area contributed by atoms with Crippen molar-refractivity contribution in [3.63, 3.8) is 0 Å². The Kier molecular flexibility index (Phi) is 10.7. The molecule has 0 aliphatic carbocycles. The van der Waals surface area contributed by atoms with Crippen LogP contribution in [0.5, 0.6) is 11.8 Å². The predicted molar refractivity (Wildman–Crippen MR) is 205 cm³/mol. The van der Waals surface area contributed by atoms with Crippen LogP contribution in [0, 0.1) is 5.92 Å². The van der Waals surface area contributed by atoms with Crippen LogP contribution >= 0.6 is 0 Å². The fourth-order valence-corrected chi connectivity index (χ4v) is 6.99. The van der Waals surface area contributed by atoms with E-state index in [1.807, 2.05) is 84.5 Å². The molecular formula is C42H47FN6O5. The number of halogens is 1. The van der Waals surface area contributed by atoms with Gasteiger partial charge >= 0.3 is 6.09 Å². The Bertz CT molecular complexity index is 2080. The molecular weight excluding hydrogens is 687 g/mol. The molecule has 0 saturated carbocycles. The third-order valence-corrected chi connectivity index (χ3v) is 9.84. The van der Waals surface area contributed by atoms with Gasteiger partial charge < -0.3 is 28.9 Å². The zero-order chi connectivity index (χ0) is 37.8. The molecule has 5 aromatic rings. The van der Waals surface area contributed by atoms with E-state index in [0.29, 0.717) is 57.7 Å². The third-order valence-electron chi connectivity index (χ3n) is 9.84. The van der Waals surface area contributed by atoms with Gasteiger partial charge in [0.2, 0.25) is 17.7 Å². The van der Waals surface area contributed by atoms with Crippen molar-refractivity contribution in [1.29, 1.82) is 0 Å². The highest BCUT2D eigenvalue weighted by atomic mass is 19.1. The van der Waals surface area contributed by atoms with E-state index < -0.39 is 23.8 Å². The molecule has 2 atom stereocenters. The predicted octanol–water partition coefficient (Wildman–Crippen LogP) is 7.04. The molecule has 12 heteroatoms. The number of hydrogen-bond acceptors (Lipinski definition) is 8. The molecule has 2 aromatic heterocycles. The van der Waals surface area contributed by atoms with Crippen LogP contribution in [0.4, 0.5) is 14.9 Å². The minimum Gasteiger partial charge on any atom is -0.473 e. The molecule has 2 unspecified atom stereocenters. The average molecular weight is 735 g/mol. The van der Waals surface area contributed by atoms with E-state index in [4.69, 9.17) is 24.3 Å². The van der Waals surface area contributed by atoms with Gasteiger partial charge in [-0.15, -0.1) is 0 Å². The van der Waals surface area contributed by atoms with Gasteiger partial charge in [0.05, 0.1) is 23.5 Å². The van der Waals surface area contributed by atoms with Crippen LogP contribution in [0.2, 0.25) is 0 Å². The fraction of sp³-hybridized carbons (Fsp3) is 0.381. The molecule has 7 rings (SSSR count). The van der Waals surface area contributed by atoms with Gasteiger partial charge in [0.15, 0.2) is 0 Å². The van der Waals surface area contributed by atoms with Gasteiger partial charge in [0.25, 0.3) is 0 Å². The van der Waals surface area contributed by atoms with E-state index in [-0.39, 0.29) is 18.9 Å². The number of carbonyl (C=O) groups is 2. The second-order valence-corrected chi connectivity index (χ2v) is 14.9. The maximum absolute atomic E-state index is 15.3. The Morgan fingerprint density at radius 2 is 1.48 bits per heavy atom. The molecule has 2 aliphatic heterocycles. The van der Waals surface area contributed by atoms with E-state index in [1.54, 1.807) is 25.7 Å². The van der Waals surface area contributed by atoms with Gasteiger partial charge in [-0.25, -0.2) is 9.18 Å². The fourth-order valence-electron chi connectivity index (χ4n) is 6.99. The second-order valence-electron chi connectivity index (χ2n) is 14.9. The number of pyridine rings is 1. The first-order chi connectivity index (χ1) is 26.0. The normalized spacial score (nSPS) is 17.8. The maximum Gasteiger partial charge on any atom is 0.410 e. The highest BCUT2D eigenvalue weighted by molar-refractivity contribution is 5.96. The molecule has 3 aromatic carbocycles. The summed E-state index contributed by atoms with van der Waals surface area (Å²) in [5, 5.41) is 5.88. The summed E-state index contributed by atoms with van der Waals surface area (Å²) in [4.78, 5) is 36.1. The lowest BCUT2D eigenvalue weighted by Crippen LogP contribution is -2.55. The van der Waals surface area contributed by atoms with E-state index in [2.05, 4.69) is 23.1 Å².